The summed E-state index contributed by atoms with van der Waals surface area (Å²) in [5, 5.41) is 3.42. The first-order valence-corrected chi connectivity index (χ1v) is 8.79. The van der Waals surface area contributed by atoms with Gasteiger partial charge in [-0.15, -0.1) is 0 Å². The standard InChI is InChI=1S/C21H23NO3/c1-23-18-8-6-16(7-9-18)19-4-2-3-5-20(19)21(24-14-15-25-21)17-10-12-22-13-11-17/h2-9,14-15,17,22H,10-13H2,1H3. The molecule has 2 aliphatic heterocycles. The van der Waals surface area contributed by atoms with Crippen LogP contribution in [-0.4, -0.2) is 20.2 Å². The van der Waals surface area contributed by atoms with E-state index in [1.807, 2.05) is 12.1 Å². The van der Waals surface area contributed by atoms with E-state index >= 15 is 0 Å². The Labute approximate surface area is 148 Å². The fourth-order valence-electron chi connectivity index (χ4n) is 3.84. The monoisotopic (exact) mass is 337 g/mol. The summed E-state index contributed by atoms with van der Waals surface area (Å²) in [6, 6.07) is 16.5. The summed E-state index contributed by atoms with van der Waals surface area (Å²) in [6.07, 6.45) is 5.40. The maximum atomic E-state index is 6.12. The highest BCUT2D eigenvalue weighted by molar-refractivity contribution is 5.69. The van der Waals surface area contributed by atoms with Crippen LogP contribution in [0.2, 0.25) is 0 Å². The zero-order chi connectivity index (χ0) is 17.1. The molecule has 2 aromatic carbocycles. The van der Waals surface area contributed by atoms with Gasteiger partial charge in [-0.3, -0.25) is 0 Å². The number of hydrogen-bond donors (Lipinski definition) is 1. The zero-order valence-corrected chi connectivity index (χ0v) is 14.4. The molecule has 4 heteroatoms. The van der Waals surface area contributed by atoms with Crippen molar-refractivity contribution in [2.45, 2.75) is 18.6 Å². The van der Waals surface area contributed by atoms with Gasteiger partial charge in [-0.1, -0.05) is 36.4 Å². The molecule has 1 saturated heterocycles. The molecule has 0 aromatic heterocycles. The van der Waals surface area contributed by atoms with Crippen LogP contribution in [0.15, 0.2) is 61.1 Å². The summed E-state index contributed by atoms with van der Waals surface area (Å²) in [7, 11) is 1.68. The number of piperidine rings is 1. The molecule has 25 heavy (non-hydrogen) atoms. The van der Waals surface area contributed by atoms with Gasteiger partial charge in [-0.05, 0) is 49.2 Å². The van der Waals surface area contributed by atoms with Crippen molar-refractivity contribution < 1.29 is 14.2 Å². The van der Waals surface area contributed by atoms with Crippen molar-refractivity contribution >= 4 is 0 Å². The number of nitrogens with one attached hydrogen (secondary N) is 1. The Morgan fingerprint density at radius 1 is 0.960 bits per heavy atom. The Morgan fingerprint density at radius 3 is 2.32 bits per heavy atom. The Hall–Kier alpha value is -2.46. The third-order valence-electron chi connectivity index (χ3n) is 5.12. The molecule has 2 aromatic rings. The molecule has 0 amide bonds. The second-order valence-corrected chi connectivity index (χ2v) is 6.47. The molecule has 0 aliphatic carbocycles. The second-order valence-electron chi connectivity index (χ2n) is 6.47. The van der Waals surface area contributed by atoms with Crippen LogP contribution in [0.4, 0.5) is 0 Å². The first-order valence-electron chi connectivity index (χ1n) is 8.79. The lowest BCUT2D eigenvalue weighted by Crippen LogP contribution is -2.43. The molecule has 1 fully saturated rings. The first-order chi connectivity index (χ1) is 12.3. The van der Waals surface area contributed by atoms with Crippen molar-refractivity contribution in [1.29, 1.82) is 0 Å². The Morgan fingerprint density at radius 2 is 1.64 bits per heavy atom. The van der Waals surface area contributed by atoms with Crippen molar-refractivity contribution in [1.82, 2.24) is 5.32 Å². The molecule has 0 atom stereocenters. The van der Waals surface area contributed by atoms with Gasteiger partial charge >= 0.3 is 0 Å². The van der Waals surface area contributed by atoms with Gasteiger partial charge in [0, 0.05) is 11.5 Å². The number of methoxy groups -OCH3 is 1. The molecule has 0 unspecified atom stereocenters. The minimum atomic E-state index is -0.737. The van der Waals surface area contributed by atoms with E-state index in [9.17, 15) is 0 Å². The largest absolute Gasteiger partial charge is 0.497 e. The first kappa shape index (κ1) is 16.0. The summed E-state index contributed by atoms with van der Waals surface area (Å²) in [5.74, 6) is 0.422. The van der Waals surface area contributed by atoms with E-state index in [-0.39, 0.29) is 0 Å². The van der Waals surface area contributed by atoms with E-state index in [4.69, 9.17) is 14.2 Å². The highest BCUT2D eigenvalue weighted by Gasteiger charge is 2.47. The SMILES string of the molecule is COc1ccc(-c2ccccc2C2(C3CCNCC3)OC=CO2)cc1. The maximum Gasteiger partial charge on any atom is 0.280 e. The summed E-state index contributed by atoms with van der Waals surface area (Å²) in [4.78, 5) is 0. The highest BCUT2D eigenvalue weighted by Crippen LogP contribution is 2.46. The van der Waals surface area contributed by atoms with Crippen LogP contribution >= 0.6 is 0 Å². The van der Waals surface area contributed by atoms with E-state index in [0.717, 1.165) is 48.4 Å². The van der Waals surface area contributed by atoms with Crippen LogP contribution in [0.25, 0.3) is 11.1 Å². The summed E-state index contributed by atoms with van der Waals surface area (Å²) in [6.45, 7) is 1.98. The number of hydrogen-bond acceptors (Lipinski definition) is 4. The molecule has 2 heterocycles. The van der Waals surface area contributed by atoms with Gasteiger partial charge in [0.2, 0.25) is 0 Å². The average Bonchev–Trinajstić information content (AvgIpc) is 3.20. The van der Waals surface area contributed by atoms with E-state index < -0.39 is 5.79 Å². The van der Waals surface area contributed by atoms with Gasteiger partial charge in [0.25, 0.3) is 5.79 Å². The number of ether oxygens (including phenoxy) is 3. The van der Waals surface area contributed by atoms with Crippen LogP contribution in [0, 0.1) is 5.92 Å². The minimum Gasteiger partial charge on any atom is -0.497 e. The van der Waals surface area contributed by atoms with Crippen LogP contribution in [0.1, 0.15) is 18.4 Å². The van der Waals surface area contributed by atoms with Gasteiger partial charge < -0.3 is 19.5 Å². The van der Waals surface area contributed by atoms with Crippen molar-refractivity contribution in [2.75, 3.05) is 20.2 Å². The topological polar surface area (TPSA) is 39.7 Å². The molecule has 4 nitrogen and oxygen atoms in total. The summed E-state index contributed by atoms with van der Waals surface area (Å²) in [5.41, 5.74) is 3.34. The van der Waals surface area contributed by atoms with E-state index in [1.54, 1.807) is 19.6 Å². The fraction of sp³-hybridized carbons (Fsp3) is 0.333. The molecule has 0 spiro atoms. The summed E-state index contributed by atoms with van der Waals surface area (Å²) >= 11 is 0. The molecule has 4 rings (SSSR count). The Bertz CT molecular complexity index is 740. The van der Waals surface area contributed by atoms with Crippen molar-refractivity contribution in [2.24, 2.45) is 5.92 Å². The van der Waals surface area contributed by atoms with Crippen LogP contribution in [-0.2, 0) is 15.3 Å². The zero-order valence-electron chi connectivity index (χ0n) is 14.4. The predicted octanol–water partition coefficient (Wildman–Crippen LogP) is 4.03. The van der Waals surface area contributed by atoms with Crippen molar-refractivity contribution in [3.8, 4) is 16.9 Å². The van der Waals surface area contributed by atoms with E-state index in [0.29, 0.717) is 5.92 Å². The quantitative estimate of drug-likeness (QED) is 0.914. The lowest BCUT2D eigenvalue weighted by molar-refractivity contribution is -0.196. The van der Waals surface area contributed by atoms with Crippen LogP contribution in [0.3, 0.4) is 0 Å². The average molecular weight is 337 g/mol. The lowest BCUT2D eigenvalue weighted by Gasteiger charge is -2.39. The van der Waals surface area contributed by atoms with Gasteiger partial charge in [0.1, 0.15) is 18.3 Å². The second kappa shape index (κ2) is 6.81. The van der Waals surface area contributed by atoms with Crippen molar-refractivity contribution in [3.63, 3.8) is 0 Å². The van der Waals surface area contributed by atoms with E-state index in [2.05, 4.69) is 41.7 Å². The van der Waals surface area contributed by atoms with Gasteiger partial charge in [-0.2, -0.15) is 0 Å². The van der Waals surface area contributed by atoms with Crippen LogP contribution < -0.4 is 10.1 Å². The summed E-state index contributed by atoms with van der Waals surface area (Å²) < 4.78 is 17.5. The lowest BCUT2D eigenvalue weighted by atomic mass is 9.81. The molecular weight excluding hydrogens is 314 g/mol. The Kier molecular flexibility index (Phi) is 4.36. The molecule has 1 N–H and O–H groups in total. The molecule has 0 saturated carbocycles. The molecule has 130 valence electrons. The van der Waals surface area contributed by atoms with Gasteiger partial charge in [0.05, 0.1) is 7.11 Å². The smallest absolute Gasteiger partial charge is 0.280 e. The van der Waals surface area contributed by atoms with Crippen molar-refractivity contribution in [3.05, 3.63) is 66.6 Å². The third-order valence-corrected chi connectivity index (χ3v) is 5.12. The molecule has 0 radical (unpaired) electrons. The molecular formula is C21H23NO3. The normalized spacial score (nSPS) is 19.2. The van der Waals surface area contributed by atoms with Crippen LogP contribution in [0.5, 0.6) is 5.75 Å². The maximum absolute atomic E-state index is 6.12. The highest BCUT2D eigenvalue weighted by atomic mass is 16.7. The van der Waals surface area contributed by atoms with Gasteiger partial charge in [0.15, 0.2) is 0 Å². The van der Waals surface area contributed by atoms with E-state index in [1.165, 1.54) is 0 Å². The number of benzene rings is 2. The van der Waals surface area contributed by atoms with Gasteiger partial charge in [-0.25, -0.2) is 0 Å². The number of rotatable bonds is 4. The predicted molar refractivity (Wildman–Crippen MR) is 97.0 cm³/mol. The third kappa shape index (κ3) is 2.87. The Balaban J connectivity index is 1.78. The minimum absolute atomic E-state index is 0.308. The molecule has 2 aliphatic rings. The fourth-order valence-corrected chi connectivity index (χ4v) is 3.84. The molecule has 0 bridgehead atoms.